The van der Waals surface area contributed by atoms with Crippen LogP contribution in [0.1, 0.15) is 59.3 Å². The van der Waals surface area contributed by atoms with Crippen molar-refractivity contribution < 1.29 is 19.4 Å². The maximum atomic E-state index is 12.0. The van der Waals surface area contributed by atoms with Crippen molar-refractivity contribution in [1.29, 1.82) is 0 Å². The molecule has 4 nitrogen and oxygen atoms in total. The highest BCUT2D eigenvalue weighted by molar-refractivity contribution is 5.91. The lowest BCUT2D eigenvalue weighted by Gasteiger charge is -2.54. The van der Waals surface area contributed by atoms with Crippen LogP contribution in [0.25, 0.3) is 0 Å². The maximum absolute atomic E-state index is 12.0. The quantitative estimate of drug-likeness (QED) is 0.445. The first-order chi connectivity index (χ1) is 11.7. The molecule has 1 saturated carbocycles. The second-order valence-electron chi connectivity index (χ2n) is 8.72. The summed E-state index contributed by atoms with van der Waals surface area (Å²) in [6, 6.07) is 0. The first-order valence-electron chi connectivity index (χ1n) is 9.51. The van der Waals surface area contributed by atoms with Gasteiger partial charge in [-0.05, 0) is 69.8 Å². The fourth-order valence-electron chi connectivity index (χ4n) is 5.40. The van der Waals surface area contributed by atoms with Crippen molar-refractivity contribution in [2.45, 2.75) is 77.1 Å². The summed E-state index contributed by atoms with van der Waals surface area (Å²) in [5, 5.41) is 10.9. The summed E-state index contributed by atoms with van der Waals surface area (Å²) in [5.74, 6) is 0.0202. The van der Waals surface area contributed by atoms with Gasteiger partial charge in [-0.2, -0.15) is 0 Å². The van der Waals surface area contributed by atoms with Gasteiger partial charge >= 0.3 is 5.97 Å². The fraction of sp³-hybridized carbons (Fsp3) is 0.762. The SMILES string of the molecule is C=C1C(=O)O[C@H]2/C=C(\C)CC[C@H]3[C@](C)(CC[C@@H]12)[C@@H](O)CC[C@]3(C)OC. The number of hydrogen-bond donors (Lipinski definition) is 1. The highest BCUT2D eigenvalue weighted by Crippen LogP contribution is 2.54. The first-order valence-corrected chi connectivity index (χ1v) is 9.51. The molecule has 25 heavy (non-hydrogen) atoms. The summed E-state index contributed by atoms with van der Waals surface area (Å²) >= 11 is 0. The van der Waals surface area contributed by atoms with E-state index in [0.717, 1.165) is 38.5 Å². The zero-order valence-electron chi connectivity index (χ0n) is 16.0. The van der Waals surface area contributed by atoms with Crippen LogP contribution in [0.15, 0.2) is 23.8 Å². The Kier molecular flexibility index (Phi) is 4.89. The predicted octanol–water partition coefficient (Wildman–Crippen LogP) is 3.79. The number of carbonyl (C=O) groups is 1. The highest BCUT2D eigenvalue weighted by atomic mass is 16.6. The number of aliphatic hydroxyl groups excluding tert-OH is 1. The molecule has 1 saturated heterocycles. The van der Waals surface area contributed by atoms with E-state index in [1.54, 1.807) is 7.11 Å². The van der Waals surface area contributed by atoms with Gasteiger partial charge in [-0.1, -0.05) is 19.1 Å². The van der Waals surface area contributed by atoms with Gasteiger partial charge in [0.25, 0.3) is 0 Å². The monoisotopic (exact) mass is 348 g/mol. The molecule has 0 aromatic heterocycles. The summed E-state index contributed by atoms with van der Waals surface area (Å²) < 4.78 is 11.5. The zero-order chi connectivity index (χ0) is 18.4. The number of hydrogen-bond acceptors (Lipinski definition) is 4. The topological polar surface area (TPSA) is 55.8 Å². The first kappa shape index (κ1) is 18.7. The molecule has 0 aromatic rings. The van der Waals surface area contributed by atoms with Crippen LogP contribution >= 0.6 is 0 Å². The van der Waals surface area contributed by atoms with Gasteiger partial charge in [-0.25, -0.2) is 4.79 Å². The second-order valence-corrected chi connectivity index (χ2v) is 8.72. The van der Waals surface area contributed by atoms with Crippen LogP contribution in [0, 0.1) is 17.3 Å². The summed E-state index contributed by atoms with van der Waals surface area (Å²) in [4.78, 5) is 12.0. The molecule has 0 unspecified atom stereocenters. The van der Waals surface area contributed by atoms with Gasteiger partial charge in [0.05, 0.1) is 11.7 Å². The van der Waals surface area contributed by atoms with Gasteiger partial charge in [-0.3, -0.25) is 0 Å². The Labute approximate surface area is 151 Å². The Bertz CT molecular complexity index is 595. The summed E-state index contributed by atoms with van der Waals surface area (Å²) in [5.41, 5.74) is 1.37. The average molecular weight is 348 g/mol. The van der Waals surface area contributed by atoms with E-state index in [1.165, 1.54) is 5.57 Å². The Morgan fingerprint density at radius 1 is 1.28 bits per heavy atom. The number of aliphatic hydroxyl groups is 1. The lowest BCUT2D eigenvalue weighted by atomic mass is 9.55. The molecular formula is C21H32O4. The standard InChI is InChI=1S/C21H32O4/c1-13-6-7-17-20(3,18(22)9-11-21(17,4)24-5)10-8-15-14(2)19(23)25-16(15)12-13/h12,15-18,22H,2,6-11H2,1,3-5H3/b13-12+/t15-,16-,17-,18-,20-,21-/m0/s1. The van der Waals surface area contributed by atoms with E-state index in [2.05, 4.69) is 33.4 Å². The van der Waals surface area contributed by atoms with Crippen molar-refractivity contribution in [2.24, 2.45) is 17.3 Å². The molecule has 6 atom stereocenters. The molecule has 2 fully saturated rings. The molecule has 1 N–H and O–H groups in total. The Hall–Kier alpha value is -1.13. The second kappa shape index (κ2) is 6.55. The van der Waals surface area contributed by atoms with E-state index >= 15 is 0 Å². The molecule has 3 aliphatic rings. The van der Waals surface area contributed by atoms with Crippen molar-refractivity contribution in [2.75, 3.05) is 7.11 Å². The van der Waals surface area contributed by atoms with E-state index in [9.17, 15) is 9.90 Å². The fourth-order valence-corrected chi connectivity index (χ4v) is 5.40. The van der Waals surface area contributed by atoms with Gasteiger partial charge < -0.3 is 14.6 Å². The van der Waals surface area contributed by atoms with Crippen LogP contribution in [-0.2, 0) is 14.3 Å². The molecule has 0 radical (unpaired) electrons. The van der Waals surface area contributed by atoms with Gasteiger partial charge in [-0.15, -0.1) is 0 Å². The van der Waals surface area contributed by atoms with Crippen LogP contribution in [-0.4, -0.2) is 36.0 Å². The molecule has 0 bridgehead atoms. The number of rotatable bonds is 1. The van der Waals surface area contributed by atoms with Gasteiger partial charge in [0, 0.05) is 18.6 Å². The predicted molar refractivity (Wildman–Crippen MR) is 97.0 cm³/mol. The van der Waals surface area contributed by atoms with E-state index in [1.807, 2.05) is 0 Å². The summed E-state index contributed by atoms with van der Waals surface area (Å²) in [6.07, 6.45) is 6.77. The van der Waals surface area contributed by atoms with E-state index in [-0.39, 0.29) is 41.0 Å². The minimum atomic E-state index is -0.339. The molecule has 0 spiro atoms. The van der Waals surface area contributed by atoms with E-state index < -0.39 is 0 Å². The normalized spacial score (nSPS) is 47.3. The lowest BCUT2D eigenvalue weighted by Crippen LogP contribution is -2.56. The molecular weight excluding hydrogens is 316 g/mol. The molecule has 2 aliphatic carbocycles. The number of methoxy groups -OCH3 is 1. The Balaban J connectivity index is 1.97. The molecule has 0 aromatic carbocycles. The smallest absolute Gasteiger partial charge is 0.334 e. The summed E-state index contributed by atoms with van der Waals surface area (Å²) in [7, 11) is 1.79. The van der Waals surface area contributed by atoms with Crippen molar-refractivity contribution in [3.8, 4) is 0 Å². The third-order valence-corrected chi connectivity index (χ3v) is 7.29. The molecule has 140 valence electrons. The third kappa shape index (κ3) is 3.08. The van der Waals surface area contributed by atoms with E-state index in [4.69, 9.17) is 9.47 Å². The molecule has 0 amide bonds. The van der Waals surface area contributed by atoms with Crippen molar-refractivity contribution in [3.63, 3.8) is 0 Å². The molecule has 1 aliphatic heterocycles. The highest BCUT2D eigenvalue weighted by Gasteiger charge is 2.54. The van der Waals surface area contributed by atoms with Crippen LogP contribution in [0.2, 0.25) is 0 Å². The molecule has 4 heteroatoms. The minimum absolute atomic E-state index is 0.0148. The molecule has 3 rings (SSSR count). The third-order valence-electron chi connectivity index (χ3n) is 7.29. The number of ether oxygens (including phenoxy) is 2. The van der Waals surface area contributed by atoms with Crippen molar-refractivity contribution >= 4 is 5.97 Å². The Morgan fingerprint density at radius 3 is 2.68 bits per heavy atom. The summed E-state index contributed by atoms with van der Waals surface area (Å²) in [6.45, 7) is 10.5. The van der Waals surface area contributed by atoms with Crippen LogP contribution < -0.4 is 0 Å². The minimum Gasteiger partial charge on any atom is -0.454 e. The van der Waals surface area contributed by atoms with Gasteiger partial charge in [0.2, 0.25) is 0 Å². The number of allylic oxidation sites excluding steroid dienone is 1. The largest absolute Gasteiger partial charge is 0.454 e. The molecule has 1 heterocycles. The van der Waals surface area contributed by atoms with Crippen LogP contribution in [0.3, 0.4) is 0 Å². The van der Waals surface area contributed by atoms with E-state index in [0.29, 0.717) is 5.57 Å². The van der Waals surface area contributed by atoms with Gasteiger partial charge in [0.15, 0.2) is 0 Å². The maximum Gasteiger partial charge on any atom is 0.334 e. The van der Waals surface area contributed by atoms with Crippen LogP contribution in [0.5, 0.6) is 0 Å². The number of esters is 1. The lowest BCUT2D eigenvalue weighted by molar-refractivity contribution is -0.171. The van der Waals surface area contributed by atoms with Crippen molar-refractivity contribution in [1.82, 2.24) is 0 Å². The number of fused-ring (bicyclic) bond motifs is 2. The zero-order valence-corrected chi connectivity index (χ0v) is 16.0. The van der Waals surface area contributed by atoms with Crippen LogP contribution in [0.4, 0.5) is 0 Å². The van der Waals surface area contributed by atoms with Crippen molar-refractivity contribution in [3.05, 3.63) is 23.8 Å². The van der Waals surface area contributed by atoms with Gasteiger partial charge in [0.1, 0.15) is 6.10 Å². The average Bonchev–Trinajstić information content (AvgIpc) is 2.83. The number of carbonyl (C=O) groups excluding carboxylic acids is 1. The Morgan fingerprint density at radius 2 is 2.00 bits per heavy atom.